The van der Waals surface area contributed by atoms with Crippen molar-refractivity contribution in [2.75, 3.05) is 7.11 Å². The second-order valence-corrected chi connectivity index (χ2v) is 5.62. The number of methoxy groups -OCH3 is 1. The topological polar surface area (TPSA) is 70.8 Å². The lowest BCUT2D eigenvalue weighted by molar-refractivity contribution is -0.384. The summed E-state index contributed by atoms with van der Waals surface area (Å²) in [6.07, 6.45) is 4.59. The lowest BCUT2D eigenvalue weighted by Gasteiger charge is -2.30. The molecule has 1 aliphatic rings. The Labute approximate surface area is 153 Å². The van der Waals surface area contributed by atoms with Crippen LogP contribution in [-0.2, 0) is 9.31 Å². The van der Waals surface area contributed by atoms with Crippen LogP contribution in [0, 0.1) is 16.2 Å². The van der Waals surface area contributed by atoms with E-state index in [4.69, 9.17) is 4.74 Å². The van der Waals surface area contributed by atoms with Crippen molar-refractivity contribution in [1.29, 1.82) is 0 Å². The van der Waals surface area contributed by atoms with E-state index in [2.05, 4.69) is 15.4 Å². The van der Waals surface area contributed by atoms with E-state index in [1.54, 1.807) is 37.5 Å². The van der Waals surface area contributed by atoms with E-state index in [0.29, 0.717) is 5.75 Å². The van der Waals surface area contributed by atoms with Crippen molar-refractivity contribution in [2.45, 2.75) is 6.10 Å². The zero-order valence-corrected chi connectivity index (χ0v) is 14.2. The van der Waals surface area contributed by atoms with Crippen molar-refractivity contribution < 1.29 is 27.6 Å². The maximum atomic E-state index is 13.8. The maximum absolute atomic E-state index is 13.8. The summed E-state index contributed by atoms with van der Waals surface area (Å²) in [5.41, 5.74) is 0.855. The molecule has 6 nitrogen and oxygen atoms in total. The van der Waals surface area contributed by atoms with Crippen LogP contribution < -0.4 is 4.74 Å². The molecule has 1 heterocycles. The van der Waals surface area contributed by atoms with E-state index in [1.165, 1.54) is 30.3 Å². The van der Waals surface area contributed by atoms with Crippen LogP contribution in [0.15, 0.2) is 54.6 Å². The molecule has 27 heavy (non-hydrogen) atoms. The first-order chi connectivity index (χ1) is 12.9. The lowest BCUT2D eigenvalue weighted by atomic mass is 10.0. The molecule has 3 rings (SSSR count). The molecule has 1 aliphatic heterocycles. The molecule has 9 heteroatoms. The van der Waals surface area contributed by atoms with Crippen LogP contribution >= 0.6 is 0 Å². The molecule has 0 N–H and O–H groups in total. The van der Waals surface area contributed by atoms with Crippen molar-refractivity contribution >= 4 is 24.6 Å². The first kappa shape index (κ1) is 18.5. The molecule has 0 amide bonds. The summed E-state index contributed by atoms with van der Waals surface area (Å²) in [5.74, 6) is 0.460. The summed E-state index contributed by atoms with van der Waals surface area (Å²) in [6, 6.07) is 12.1. The molecule has 0 radical (unpaired) electrons. The first-order valence-electron chi connectivity index (χ1n) is 7.94. The molecule has 1 atom stereocenters. The Bertz CT molecular complexity index is 882. The highest BCUT2D eigenvalue weighted by Crippen LogP contribution is 2.31. The Hall–Kier alpha value is -3.29. The van der Waals surface area contributed by atoms with Crippen LogP contribution in [0.25, 0.3) is 11.8 Å². The Balaban J connectivity index is 1.82. The second kappa shape index (κ2) is 7.53. The fourth-order valence-electron chi connectivity index (χ4n) is 2.43. The second-order valence-electron chi connectivity index (χ2n) is 5.62. The van der Waals surface area contributed by atoms with E-state index in [-0.39, 0.29) is 17.0 Å². The van der Waals surface area contributed by atoms with Crippen molar-refractivity contribution in [3.63, 3.8) is 0 Å². The quantitative estimate of drug-likeness (QED) is 0.339. The molecule has 2 aromatic rings. The van der Waals surface area contributed by atoms with Crippen LogP contribution in [0.5, 0.6) is 5.75 Å². The maximum Gasteiger partial charge on any atom is 0.668 e. The third-order valence-corrected chi connectivity index (χ3v) is 3.75. The molecule has 0 saturated carbocycles. The Morgan fingerprint density at radius 2 is 1.85 bits per heavy atom. The third kappa shape index (κ3) is 4.66. The molecule has 0 fully saturated rings. The van der Waals surface area contributed by atoms with Gasteiger partial charge in [0.15, 0.2) is 11.7 Å². The van der Waals surface area contributed by atoms with Gasteiger partial charge in [0.1, 0.15) is 11.8 Å². The standard InChI is InChI=1S/C18H14BF2NO5/c1-25-16-9-2-13(3-10-16)4-11-17-12-18(27-19(20,21)26-17)14-5-7-15(8-6-14)22(23)24/h2-11,17H,1H3/b11-4+. The van der Waals surface area contributed by atoms with Crippen molar-refractivity contribution in [2.24, 2.45) is 0 Å². The van der Waals surface area contributed by atoms with E-state index in [0.717, 1.165) is 5.56 Å². The summed E-state index contributed by atoms with van der Waals surface area (Å²) < 4.78 is 41.9. The molecule has 0 spiro atoms. The van der Waals surface area contributed by atoms with Gasteiger partial charge in [0.2, 0.25) is 0 Å². The minimum Gasteiger partial charge on any atom is -0.601 e. The molecule has 0 aliphatic carbocycles. The number of nitro groups is 1. The Kier molecular flexibility index (Phi) is 5.16. The largest absolute Gasteiger partial charge is 0.668 e. The van der Waals surface area contributed by atoms with Gasteiger partial charge in [0.25, 0.3) is 5.69 Å². The van der Waals surface area contributed by atoms with Crippen LogP contribution in [0.1, 0.15) is 11.1 Å². The molecular formula is C18H14BF2NO5. The molecule has 1 unspecified atom stereocenters. The minimum absolute atomic E-state index is 0.153. The lowest BCUT2D eigenvalue weighted by Crippen LogP contribution is -2.39. The zero-order valence-electron chi connectivity index (χ0n) is 14.2. The van der Waals surface area contributed by atoms with Crippen LogP contribution in [0.3, 0.4) is 0 Å². The molecule has 138 valence electrons. The molecule has 0 bridgehead atoms. The van der Waals surface area contributed by atoms with E-state index in [9.17, 15) is 18.7 Å². The van der Waals surface area contributed by atoms with E-state index >= 15 is 0 Å². The van der Waals surface area contributed by atoms with Gasteiger partial charge in [-0.05, 0) is 23.8 Å². The monoisotopic (exact) mass is 373 g/mol. The van der Waals surface area contributed by atoms with Gasteiger partial charge in [0.05, 0.1) is 12.0 Å². The molecule has 0 aromatic heterocycles. The highest BCUT2D eigenvalue weighted by Gasteiger charge is 2.42. The number of benzene rings is 2. The number of nitro benzene ring substituents is 1. The van der Waals surface area contributed by atoms with Gasteiger partial charge >= 0.3 is 12.9 Å². The van der Waals surface area contributed by atoms with Gasteiger partial charge in [0, 0.05) is 24.3 Å². The van der Waals surface area contributed by atoms with Crippen LogP contribution in [0.4, 0.5) is 14.3 Å². The number of nitrogens with zero attached hydrogens (tertiary/aromatic N) is 1. The highest BCUT2D eigenvalue weighted by atomic mass is 19.3. The van der Waals surface area contributed by atoms with Crippen LogP contribution in [-0.4, -0.2) is 25.2 Å². The predicted molar refractivity (Wildman–Crippen MR) is 95.7 cm³/mol. The summed E-state index contributed by atoms with van der Waals surface area (Å²) >= 11 is 0. The highest BCUT2D eigenvalue weighted by molar-refractivity contribution is 6.53. The average molecular weight is 373 g/mol. The number of non-ortho nitro benzene ring substituents is 1. The van der Waals surface area contributed by atoms with E-state index < -0.39 is 18.1 Å². The number of hydrogen-bond donors (Lipinski definition) is 0. The summed E-state index contributed by atoms with van der Waals surface area (Å²) in [7, 11) is -3.00. The predicted octanol–water partition coefficient (Wildman–Crippen LogP) is 4.25. The van der Waals surface area contributed by atoms with Gasteiger partial charge in [-0.15, -0.1) is 0 Å². The van der Waals surface area contributed by atoms with Gasteiger partial charge in [-0.2, -0.15) is 0 Å². The first-order valence-corrected chi connectivity index (χ1v) is 7.94. The van der Waals surface area contributed by atoms with Crippen molar-refractivity contribution in [3.05, 3.63) is 81.9 Å². The molecular weight excluding hydrogens is 359 g/mol. The molecule has 2 aromatic carbocycles. The minimum atomic E-state index is -4.54. The average Bonchev–Trinajstić information content (AvgIpc) is 2.65. The summed E-state index contributed by atoms with van der Waals surface area (Å²) in [4.78, 5) is 10.1. The number of ether oxygens (including phenoxy) is 1. The van der Waals surface area contributed by atoms with Gasteiger partial charge < -0.3 is 22.7 Å². The Morgan fingerprint density at radius 3 is 2.44 bits per heavy atom. The molecule has 0 saturated heterocycles. The number of halogens is 2. The van der Waals surface area contributed by atoms with Crippen molar-refractivity contribution in [1.82, 2.24) is 0 Å². The fraction of sp³-hybridized carbons (Fsp3) is 0.111. The number of rotatable bonds is 5. The van der Waals surface area contributed by atoms with Gasteiger partial charge in [-0.1, -0.05) is 18.2 Å². The van der Waals surface area contributed by atoms with E-state index in [1.807, 2.05) is 0 Å². The number of hydrogen-bond acceptors (Lipinski definition) is 5. The van der Waals surface area contributed by atoms with Crippen LogP contribution in [0.2, 0.25) is 0 Å². The Morgan fingerprint density at radius 1 is 1.19 bits per heavy atom. The normalized spacial score (nSPS) is 18.3. The van der Waals surface area contributed by atoms with Gasteiger partial charge in [-0.3, -0.25) is 10.1 Å². The van der Waals surface area contributed by atoms with Crippen molar-refractivity contribution in [3.8, 4) is 5.75 Å². The zero-order chi connectivity index (χ0) is 19.4. The smallest absolute Gasteiger partial charge is 0.601 e. The fourth-order valence-corrected chi connectivity index (χ4v) is 2.43. The third-order valence-electron chi connectivity index (χ3n) is 3.75. The summed E-state index contributed by atoms with van der Waals surface area (Å²) in [6.45, 7) is 0. The summed E-state index contributed by atoms with van der Waals surface area (Å²) in [5, 5.41) is 10.7. The van der Waals surface area contributed by atoms with Gasteiger partial charge in [-0.25, -0.2) is 0 Å². The SMILES string of the molecule is COc1ccc(/C=C/C2[C+]=C(c3ccc([N+](=O)[O-])cc3)O[B-](F)(F)O2)cc1.